The van der Waals surface area contributed by atoms with Gasteiger partial charge in [0, 0.05) is 17.5 Å². The van der Waals surface area contributed by atoms with Gasteiger partial charge in [0.25, 0.3) is 5.91 Å². The fourth-order valence-electron chi connectivity index (χ4n) is 3.43. The molecule has 1 N–H and O–H groups in total. The van der Waals surface area contributed by atoms with E-state index in [0.717, 1.165) is 30.6 Å². The second kappa shape index (κ2) is 6.18. The summed E-state index contributed by atoms with van der Waals surface area (Å²) >= 11 is 1.63. The zero-order valence-electron chi connectivity index (χ0n) is 12.1. The predicted molar refractivity (Wildman–Crippen MR) is 81.9 cm³/mol. The van der Waals surface area contributed by atoms with Crippen LogP contribution >= 0.6 is 11.3 Å². The third-order valence-corrected chi connectivity index (χ3v) is 5.73. The Morgan fingerprint density at radius 1 is 1.24 bits per heavy atom. The van der Waals surface area contributed by atoms with Crippen LogP contribution in [0.5, 0.6) is 0 Å². The first-order chi connectivity index (χ1) is 10.1. The van der Waals surface area contributed by atoms with E-state index < -0.39 is 5.97 Å². The number of rotatable bonds is 3. The van der Waals surface area contributed by atoms with Crippen molar-refractivity contribution in [2.75, 3.05) is 6.54 Å². The molecule has 2 heterocycles. The van der Waals surface area contributed by atoms with Crippen molar-refractivity contribution in [1.29, 1.82) is 0 Å². The van der Waals surface area contributed by atoms with E-state index in [1.54, 1.807) is 16.2 Å². The van der Waals surface area contributed by atoms with Crippen LogP contribution in [0.1, 0.15) is 58.6 Å². The number of hydrogen-bond donors (Lipinski definition) is 1. The third-order valence-electron chi connectivity index (χ3n) is 4.51. The van der Waals surface area contributed by atoms with Gasteiger partial charge in [-0.2, -0.15) is 0 Å². The summed E-state index contributed by atoms with van der Waals surface area (Å²) in [6.07, 6.45) is 7.66. The minimum absolute atomic E-state index is 0.0387. The molecule has 1 fully saturated rings. The van der Waals surface area contributed by atoms with E-state index >= 15 is 0 Å². The van der Waals surface area contributed by atoms with Crippen LogP contribution in [0.4, 0.5) is 0 Å². The Morgan fingerprint density at radius 3 is 2.86 bits per heavy atom. The Bertz CT molecular complexity index is 528. The van der Waals surface area contributed by atoms with Gasteiger partial charge in [-0.1, -0.05) is 6.42 Å². The van der Waals surface area contributed by atoms with E-state index in [0.29, 0.717) is 6.54 Å². The van der Waals surface area contributed by atoms with Gasteiger partial charge in [0.15, 0.2) is 0 Å². The molecule has 1 aliphatic heterocycles. The predicted octanol–water partition coefficient (Wildman–Crippen LogP) is 3.10. The van der Waals surface area contributed by atoms with E-state index in [-0.39, 0.29) is 18.4 Å². The first-order valence-corrected chi connectivity index (χ1v) is 8.61. The molecule has 0 spiro atoms. The first-order valence-electron chi connectivity index (χ1n) is 7.79. The van der Waals surface area contributed by atoms with E-state index in [1.807, 2.05) is 0 Å². The van der Waals surface area contributed by atoms with Crippen molar-refractivity contribution < 1.29 is 14.7 Å². The van der Waals surface area contributed by atoms with Crippen molar-refractivity contribution in [3.63, 3.8) is 0 Å². The quantitative estimate of drug-likeness (QED) is 0.873. The number of amides is 1. The average Bonchev–Trinajstić information content (AvgIpc) is 3.00. The van der Waals surface area contributed by atoms with Crippen LogP contribution in [-0.2, 0) is 17.6 Å². The molecule has 1 aliphatic carbocycles. The standard InChI is InChI=1S/C16H21NO3S/c18-15(19)10-12-6-4-8-17(12)16(20)14-9-11-5-2-1-3-7-13(11)21-14/h9,12H,1-8,10H2,(H,18,19). The van der Waals surface area contributed by atoms with Crippen LogP contribution in [-0.4, -0.2) is 34.5 Å². The van der Waals surface area contributed by atoms with Gasteiger partial charge in [-0.15, -0.1) is 11.3 Å². The average molecular weight is 307 g/mol. The molecule has 114 valence electrons. The summed E-state index contributed by atoms with van der Waals surface area (Å²) in [5.74, 6) is -0.779. The largest absolute Gasteiger partial charge is 0.481 e. The molecule has 4 nitrogen and oxygen atoms in total. The topological polar surface area (TPSA) is 57.6 Å². The molecule has 3 rings (SSSR count). The molecule has 5 heteroatoms. The summed E-state index contributed by atoms with van der Waals surface area (Å²) in [6.45, 7) is 0.694. The smallest absolute Gasteiger partial charge is 0.305 e. The van der Waals surface area contributed by atoms with Crippen LogP contribution in [0, 0.1) is 0 Å². The number of fused-ring (bicyclic) bond motifs is 1. The lowest BCUT2D eigenvalue weighted by atomic mass is 10.1. The highest BCUT2D eigenvalue weighted by Crippen LogP contribution is 2.31. The molecular formula is C16H21NO3S. The molecule has 1 aromatic heterocycles. The summed E-state index contributed by atoms with van der Waals surface area (Å²) in [7, 11) is 0. The molecule has 2 aliphatic rings. The molecule has 21 heavy (non-hydrogen) atoms. The number of likely N-dealkylation sites (tertiary alicyclic amines) is 1. The molecule has 0 aromatic carbocycles. The van der Waals surface area contributed by atoms with E-state index in [2.05, 4.69) is 6.07 Å². The molecule has 0 saturated carbocycles. The maximum absolute atomic E-state index is 12.7. The van der Waals surface area contributed by atoms with E-state index in [9.17, 15) is 9.59 Å². The summed E-state index contributed by atoms with van der Waals surface area (Å²) in [6, 6.07) is 1.93. The zero-order valence-corrected chi connectivity index (χ0v) is 13.0. The van der Waals surface area contributed by atoms with Crippen LogP contribution in [0.25, 0.3) is 0 Å². The van der Waals surface area contributed by atoms with Gasteiger partial charge in [0.1, 0.15) is 0 Å². The van der Waals surface area contributed by atoms with Crippen molar-refractivity contribution in [3.05, 3.63) is 21.4 Å². The number of thiophene rings is 1. The highest BCUT2D eigenvalue weighted by Gasteiger charge is 2.32. The summed E-state index contributed by atoms with van der Waals surface area (Å²) in [4.78, 5) is 27.6. The minimum Gasteiger partial charge on any atom is -0.481 e. The van der Waals surface area contributed by atoms with Crippen molar-refractivity contribution in [2.24, 2.45) is 0 Å². The number of aliphatic carboxylic acids is 1. The Hall–Kier alpha value is -1.36. The van der Waals surface area contributed by atoms with Gasteiger partial charge >= 0.3 is 5.97 Å². The van der Waals surface area contributed by atoms with E-state index in [1.165, 1.54) is 29.7 Å². The summed E-state index contributed by atoms with van der Waals surface area (Å²) in [5, 5.41) is 8.97. The lowest BCUT2D eigenvalue weighted by Gasteiger charge is -2.22. The van der Waals surface area contributed by atoms with Crippen LogP contribution in [0.3, 0.4) is 0 Å². The number of aryl methyl sites for hydroxylation is 2. The molecule has 0 radical (unpaired) electrons. The monoisotopic (exact) mass is 307 g/mol. The van der Waals surface area contributed by atoms with Crippen molar-refractivity contribution in [2.45, 2.75) is 57.4 Å². The lowest BCUT2D eigenvalue weighted by Crippen LogP contribution is -2.36. The maximum atomic E-state index is 12.7. The normalized spacial score (nSPS) is 21.9. The first kappa shape index (κ1) is 14.6. The Kier molecular flexibility index (Phi) is 4.29. The number of carbonyl (C=O) groups is 2. The second-order valence-corrected chi connectivity index (χ2v) is 7.15. The lowest BCUT2D eigenvalue weighted by molar-refractivity contribution is -0.137. The molecular weight excluding hydrogens is 286 g/mol. The number of carbonyl (C=O) groups excluding carboxylic acids is 1. The molecule has 1 aromatic rings. The number of hydrogen-bond acceptors (Lipinski definition) is 3. The molecule has 0 bridgehead atoms. The highest BCUT2D eigenvalue weighted by molar-refractivity contribution is 7.14. The fraction of sp³-hybridized carbons (Fsp3) is 0.625. The minimum atomic E-state index is -0.818. The Labute approximate surface area is 128 Å². The number of carboxylic acid groups (broad SMARTS) is 1. The van der Waals surface area contributed by atoms with Gasteiger partial charge in [-0.3, -0.25) is 9.59 Å². The van der Waals surface area contributed by atoms with Crippen LogP contribution in [0.15, 0.2) is 6.07 Å². The highest BCUT2D eigenvalue weighted by atomic mass is 32.1. The fourth-order valence-corrected chi connectivity index (χ4v) is 4.64. The Morgan fingerprint density at radius 2 is 2.05 bits per heavy atom. The molecule has 1 saturated heterocycles. The second-order valence-electron chi connectivity index (χ2n) is 6.01. The summed E-state index contributed by atoms with van der Waals surface area (Å²) in [5.41, 5.74) is 1.34. The SMILES string of the molecule is O=C(O)CC1CCCN1C(=O)c1cc2c(s1)CCCCC2. The molecule has 1 unspecified atom stereocenters. The van der Waals surface area contributed by atoms with E-state index in [4.69, 9.17) is 5.11 Å². The van der Waals surface area contributed by atoms with Gasteiger partial charge in [-0.25, -0.2) is 0 Å². The number of carboxylic acids is 1. The van der Waals surface area contributed by atoms with Gasteiger partial charge in [0.05, 0.1) is 11.3 Å². The van der Waals surface area contributed by atoms with Gasteiger partial charge in [-0.05, 0) is 50.2 Å². The number of nitrogens with zero attached hydrogens (tertiary/aromatic N) is 1. The Balaban J connectivity index is 1.77. The van der Waals surface area contributed by atoms with Crippen molar-refractivity contribution in [3.8, 4) is 0 Å². The molecule has 1 atom stereocenters. The van der Waals surface area contributed by atoms with Crippen molar-refractivity contribution >= 4 is 23.2 Å². The van der Waals surface area contributed by atoms with Gasteiger partial charge in [0.2, 0.25) is 0 Å². The molecule has 1 amide bonds. The van der Waals surface area contributed by atoms with Crippen molar-refractivity contribution in [1.82, 2.24) is 4.90 Å². The third kappa shape index (κ3) is 3.12. The maximum Gasteiger partial charge on any atom is 0.305 e. The van der Waals surface area contributed by atoms with Crippen LogP contribution in [0.2, 0.25) is 0 Å². The van der Waals surface area contributed by atoms with Crippen LogP contribution < -0.4 is 0 Å². The summed E-state index contributed by atoms with van der Waals surface area (Å²) < 4.78 is 0. The van der Waals surface area contributed by atoms with Gasteiger partial charge < -0.3 is 10.0 Å². The zero-order chi connectivity index (χ0) is 14.8.